The molecular weight excluding hydrogens is 190 g/mol. The molecule has 88 valence electrons. The smallest absolute Gasteiger partial charge is 0.233 e. The highest BCUT2D eigenvalue weighted by Crippen LogP contribution is 2.23. The Labute approximate surface area is 92.2 Å². The van der Waals surface area contributed by atoms with Crippen molar-refractivity contribution < 1.29 is 4.79 Å². The maximum absolute atomic E-state index is 10.9. The molecule has 4 nitrogen and oxygen atoms in total. The lowest BCUT2D eigenvalue weighted by Gasteiger charge is -2.27. The van der Waals surface area contributed by atoms with Gasteiger partial charge in [0.15, 0.2) is 0 Å². The van der Waals surface area contributed by atoms with E-state index < -0.39 is 0 Å². The zero-order valence-corrected chi connectivity index (χ0v) is 9.83. The maximum atomic E-state index is 10.9. The van der Waals surface area contributed by atoms with Gasteiger partial charge >= 0.3 is 0 Å². The zero-order chi connectivity index (χ0) is 11.3. The Balaban J connectivity index is 2.23. The number of nitrogens with zero attached hydrogens (tertiary/aromatic N) is 1. The number of nitrogens with one attached hydrogen (secondary N) is 1. The first-order valence-corrected chi connectivity index (χ1v) is 5.88. The molecule has 0 aromatic carbocycles. The first kappa shape index (κ1) is 12.5. The lowest BCUT2D eigenvalue weighted by Crippen LogP contribution is -2.35. The average molecular weight is 213 g/mol. The van der Waals surface area contributed by atoms with Crippen molar-refractivity contribution in [3.8, 4) is 0 Å². The average Bonchev–Trinajstić information content (AvgIpc) is 2.65. The van der Waals surface area contributed by atoms with Crippen LogP contribution in [0.2, 0.25) is 0 Å². The molecule has 0 aromatic heterocycles. The van der Waals surface area contributed by atoms with Crippen LogP contribution in [-0.4, -0.2) is 29.9 Å². The van der Waals surface area contributed by atoms with Gasteiger partial charge in [-0.25, -0.2) is 5.84 Å². The summed E-state index contributed by atoms with van der Waals surface area (Å²) in [6.07, 6.45) is 4.05. The molecule has 1 unspecified atom stereocenters. The first-order valence-electron chi connectivity index (χ1n) is 5.88. The van der Waals surface area contributed by atoms with E-state index in [1.165, 1.54) is 19.4 Å². The van der Waals surface area contributed by atoms with Gasteiger partial charge in [-0.1, -0.05) is 13.8 Å². The summed E-state index contributed by atoms with van der Waals surface area (Å²) in [6, 6.07) is 0.714. The lowest BCUT2D eigenvalue weighted by atomic mass is 10.0. The largest absolute Gasteiger partial charge is 0.300 e. The van der Waals surface area contributed by atoms with E-state index in [2.05, 4.69) is 24.2 Å². The molecule has 4 heteroatoms. The zero-order valence-electron chi connectivity index (χ0n) is 9.83. The number of rotatable bonds is 5. The van der Waals surface area contributed by atoms with Crippen LogP contribution in [-0.2, 0) is 4.79 Å². The normalized spacial score (nSPS) is 22.3. The fourth-order valence-corrected chi connectivity index (χ4v) is 2.40. The van der Waals surface area contributed by atoms with Crippen molar-refractivity contribution in [2.75, 3.05) is 13.1 Å². The van der Waals surface area contributed by atoms with Crippen molar-refractivity contribution in [3.05, 3.63) is 0 Å². The minimum Gasteiger partial charge on any atom is -0.300 e. The van der Waals surface area contributed by atoms with Gasteiger partial charge in [-0.2, -0.15) is 0 Å². The molecule has 1 saturated heterocycles. The highest BCUT2D eigenvalue weighted by molar-refractivity contribution is 5.75. The van der Waals surface area contributed by atoms with Crippen molar-refractivity contribution >= 4 is 5.91 Å². The third kappa shape index (κ3) is 3.80. The minimum absolute atomic E-state index is 0.0599. The van der Waals surface area contributed by atoms with Gasteiger partial charge < -0.3 is 4.90 Å². The summed E-state index contributed by atoms with van der Waals surface area (Å²) in [5.41, 5.74) is 2.17. The predicted octanol–water partition coefficient (Wildman–Crippen LogP) is 0.877. The number of carbonyl (C=O) groups is 1. The Bertz CT molecular complexity index is 206. The Hall–Kier alpha value is -0.610. The number of likely N-dealkylation sites (tertiary alicyclic amines) is 1. The van der Waals surface area contributed by atoms with Crippen LogP contribution in [0.3, 0.4) is 0 Å². The number of nitrogens with two attached hydrogens (primary N) is 1. The Morgan fingerprint density at radius 2 is 2.33 bits per heavy atom. The van der Waals surface area contributed by atoms with E-state index in [-0.39, 0.29) is 5.91 Å². The predicted molar refractivity (Wildman–Crippen MR) is 61.0 cm³/mol. The van der Waals surface area contributed by atoms with E-state index in [4.69, 9.17) is 5.84 Å². The first-order chi connectivity index (χ1) is 7.15. The monoisotopic (exact) mass is 213 g/mol. The number of amides is 1. The molecule has 0 bridgehead atoms. The van der Waals surface area contributed by atoms with Crippen molar-refractivity contribution in [2.45, 2.75) is 45.6 Å². The van der Waals surface area contributed by atoms with Crippen molar-refractivity contribution in [1.29, 1.82) is 0 Å². The van der Waals surface area contributed by atoms with E-state index in [1.54, 1.807) is 0 Å². The molecule has 1 atom stereocenters. The van der Waals surface area contributed by atoms with Gasteiger partial charge in [-0.15, -0.1) is 0 Å². The molecule has 1 amide bonds. The SMILES string of the molecule is CC(C)C1CCCN1CCCC(=O)NN. The molecule has 0 spiro atoms. The third-order valence-corrected chi connectivity index (χ3v) is 3.19. The second kappa shape index (κ2) is 6.08. The van der Waals surface area contributed by atoms with E-state index in [9.17, 15) is 4.79 Å². The molecule has 1 rings (SSSR count). The quantitative estimate of drug-likeness (QED) is 0.405. The summed E-state index contributed by atoms with van der Waals surface area (Å²) < 4.78 is 0. The molecule has 0 saturated carbocycles. The number of hydrazine groups is 1. The number of carbonyl (C=O) groups excluding carboxylic acids is 1. The van der Waals surface area contributed by atoms with Gasteiger partial charge in [0.25, 0.3) is 0 Å². The van der Waals surface area contributed by atoms with Crippen molar-refractivity contribution in [3.63, 3.8) is 0 Å². The van der Waals surface area contributed by atoms with Crippen LogP contribution in [0.1, 0.15) is 39.5 Å². The maximum Gasteiger partial charge on any atom is 0.233 e. The van der Waals surface area contributed by atoms with Gasteiger partial charge in [0.05, 0.1) is 0 Å². The molecule has 1 aliphatic rings. The van der Waals surface area contributed by atoms with Gasteiger partial charge in [-0.3, -0.25) is 10.2 Å². The highest BCUT2D eigenvalue weighted by Gasteiger charge is 2.26. The van der Waals surface area contributed by atoms with Gasteiger partial charge in [0, 0.05) is 12.5 Å². The summed E-state index contributed by atoms with van der Waals surface area (Å²) in [5, 5.41) is 0. The standard InChI is InChI=1S/C11H23N3O/c1-9(2)10-5-3-7-14(10)8-4-6-11(15)13-12/h9-10H,3-8,12H2,1-2H3,(H,13,15). The van der Waals surface area contributed by atoms with Crippen LogP contribution in [0, 0.1) is 5.92 Å². The summed E-state index contributed by atoms with van der Waals surface area (Å²) in [5.74, 6) is 5.69. The topological polar surface area (TPSA) is 58.4 Å². The molecule has 0 radical (unpaired) electrons. The molecule has 1 fully saturated rings. The van der Waals surface area contributed by atoms with Gasteiger partial charge in [-0.05, 0) is 38.3 Å². The van der Waals surface area contributed by atoms with Crippen LogP contribution >= 0.6 is 0 Å². The molecule has 15 heavy (non-hydrogen) atoms. The molecule has 0 aromatic rings. The van der Waals surface area contributed by atoms with Crippen LogP contribution in [0.15, 0.2) is 0 Å². The van der Waals surface area contributed by atoms with Crippen molar-refractivity contribution in [1.82, 2.24) is 10.3 Å². The highest BCUT2D eigenvalue weighted by atomic mass is 16.2. The van der Waals surface area contributed by atoms with Crippen LogP contribution in [0.4, 0.5) is 0 Å². The molecule has 0 aliphatic carbocycles. The Morgan fingerprint density at radius 1 is 1.60 bits per heavy atom. The number of hydrogen-bond donors (Lipinski definition) is 2. The van der Waals surface area contributed by atoms with E-state index in [0.29, 0.717) is 12.5 Å². The molecule has 3 N–H and O–H groups in total. The summed E-state index contributed by atoms with van der Waals surface area (Å²) in [6.45, 7) is 6.76. The summed E-state index contributed by atoms with van der Waals surface area (Å²) >= 11 is 0. The van der Waals surface area contributed by atoms with Crippen LogP contribution in [0.25, 0.3) is 0 Å². The lowest BCUT2D eigenvalue weighted by molar-refractivity contribution is -0.121. The fourth-order valence-electron chi connectivity index (χ4n) is 2.40. The third-order valence-electron chi connectivity index (χ3n) is 3.19. The minimum atomic E-state index is -0.0599. The molecular formula is C11H23N3O. The van der Waals surface area contributed by atoms with Crippen LogP contribution in [0.5, 0.6) is 0 Å². The Kier molecular flexibility index (Phi) is 5.05. The van der Waals surface area contributed by atoms with E-state index in [1.807, 2.05) is 0 Å². The summed E-state index contributed by atoms with van der Waals surface area (Å²) in [4.78, 5) is 13.5. The molecule has 1 aliphatic heterocycles. The van der Waals surface area contributed by atoms with Crippen molar-refractivity contribution in [2.24, 2.45) is 11.8 Å². The molecule has 1 heterocycles. The van der Waals surface area contributed by atoms with Crippen LogP contribution < -0.4 is 11.3 Å². The second-order valence-electron chi connectivity index (χ2n) is 4.66. The van der Waals surface area contributed by atoms with E-state index in [0.717, 1.165) is 18.9 Å². The van der Waals surface area contributed by atoms with E-state index >= 15 is 0 Å². The number of hydrogen-bond acceptors (Lipinski definition) is 3. The second-order valence-corrected chi connectivity index (χ2v) is 4.66. The fraction of sp³-hybridized carbons (Fsp3) is 0.909. The summed E-state index contributed by atoms with van der Waals surface area (Å²) in [7, 11) is 0. The Morgan fingerprint density at radius 3 is 2.93 bits per heavy atom. The van der Waals surface area contributed by atoms with Gasteiger partial charge in [0.2, 0.25) is 5.91 Å². The van der Waals surface area contributed by atoms with Gasteiger partial charge in [0.1, 0.15) is 0 Å².